The molecular formula is C23H18F5N5. The summed E-state index contributed by atoms with van der Waals surface area (Å²) < 4.78 is 72.0. The van der Waals surface area contributed by atoms with Crippen molar-refractivity contribution in [2.75, 3.05) is 11.4 Å². The molecule has 0 saturated carbocycles. The summed E-state index contributed by atoms with van der Waals surface area (Å²) in [5.41, 5.74) is -0.0810. The summed E-state index contributed by atoms with van der Waals surface area (Å²) in [5.74, 6) is 2.20. The second-order valence-electron chi connectivity index (χ2n) is 8.39. The van der Waals surface area contributed by atoms with Gasteiger partial charge in [-0.3, -0.25) is 4.40 Å². The summed E-state index contributed by atoms with van der Waals surface area (Å²) in [6, 6.07) is 5.73. The van der Waals surface area contributed by atoms with E-state index in [0.717, 1.165) is 23.1 Å². The normalized spacial score (nSPS) is 11.8. The molecule has 2 aromatic heterocycles. The Kier molecular flexibility index (Phi) is 5.66. The molecule has 0 N–H and O–H groups in total. The number of nitrogens with zero attached hydrogens (tertiary/aromatic N) is 5. The molecule has 0 saturated heterocycles. The zero-order chi connectivity index (χ0) is 23.9. The second-order valence-corrected chi connectivity index (χ2v) is 8.39. The lowest BCUT2D eigenvalue weighted by Crippen LogP contribution is -2.26. The van der Waals surface area contributed by atoms with Gasteiger partial charge >= 0.3 is 0 Å². The first kappa shape index (κ1) is 22.5. The van der Waals surface area contributed by atoms with E-state index in [1.165, 1.54) is 22.9 Å². The van der Waals surface area contributed by atoms with Gasteiger partial charge in [0, 0.05) is 16.7 Å². The summed E-state index contributed by atoms with van der Waals surface area (Å²) in [6.07, 6.45) is -1.66. The molecule has 0 aliphatic rings. The van der Waals surface area contributed by atoms with Gasteiger partial charge in [-0.25, -0.2) is 22.0 Å². The minimum Gasteiger partial charge on any atom is -0.320 e. The van der Waals surface area contributed by atoms with E-state index in [1.54, 1.807) is 0 Å². The molecule has 2 heterocycles. The van der Waals surface area contributed by atoms with E-state index in [2.05, 4.69) is 27.0 Å². The minimum atomic E-state index is -2.90. The predicted octanol–water partition coefficient (Wildman–Crippen LogP) is 5.50. The Morgan fingerprint density at radius 1 is 1.09 bits per heavy atom. The highest BCUT2D eigenvalue weighted by molar-refractivity contribution is 5.94. The Balaban J connectivity index is 2.00. The van der Waals surface area contributed by atoms with Gasteiger partial charge in [-0.15, -0.1) is 10.2 Å². The third-order valence-electron chi connectivity index (χ3n) is 4.64. The average molecular weight is 459 g/mol. The maximum absolute atomic E-state index is 14.9. The molecular weight excluding hydrogens is 441 g/mol. The van der Waals surface area contributed by atoms with Gasteiger partial charge in [-0.1, -0.05) is 11.8 Å². The van der Waals surface area contributed by atoms with Crippen LogP contribution in [0, 0.1) is 34.7 Å². The van der Waals surface area contributed by atoms with Crippen LogP contribution in [0.25, 0.3) is 16.7 Å². The molecule has 0 amide bonds. The maximum Gasteiger partial charge on any atom is 0.257 e. The third kappa shape index (κ3) is 4.58. The Morgan fingerprint density at radius 3 is 2.55 bits per heavy atom. The first-order valence-electron chi connectivity index (χ1n) is 9.90. The standard InChI is InChI=1S/C23H18F5N5/c1-23(2,3)7-6-13-8-14(24)10-15(9-13)32(11-18(26)27)21-19-17(5-4-16(25)20(19)28)33-12-29-31-22(33)30-21/h4-5,8-10,12,18H,11H2,1-3H3. The van der Waals surface area contributed by atoms with Gasteiger partial charge in [0.25, 0.3) is 12.2 Å². The van der Waals surface area contributed by atoms with E-state index < -0.39 is 30.4 Å². The number of alkyl halides is 2. The molecule has 0 spiro atoms. The Morgan fingerprint density at radius 2 is 1.85 bits per heavy atom. The fraction of sp³-hybridized carbons (Fsp3) is 0.261. The van der Waals surface area contributed by atoms with Gasteiger partial charge in [0.1, 0.15) is 18.0 Å². The fourth-order valence-electron chi connectivity index (χ4n) is 3.29. The van der Waals surface area contributed by atoms with E-state index >= 15 is 0 Å². The van der Waals surface area contributed by atoms with Crippen molar-refractivity contribution in [3.63, 3.8) is 0 Å². The topological polar surface area (TPSA) is 46.3 Å². The largest absolute Gasteiger partial charge is 0.320 e. The number of benzene rings is 2. The molecule has 0 aliphatic carbocycles. The van der Waals surface area contributed by atoms with Crippen LogP contribution in [0.2, 0.25) is 0 Å². The molecule has 0 unspecified atom stereocenters. The van der Waals surface area contributed by atoms with Crippen LogP contribution < -0.4 is 4.90 Å². The second kappa shape index (κ2) is 8.31. The van der Waals surface area contributed by atoms with Crippen molar-refractivity contribution in [1.82, 2.24) is 19.6 Å². The van der Waals surface area contributed by atoms with Crippen molar-refractivity contribution in [3.8, 4) is 11.8 Å². The van der Waals surface area contributed by atoms with Crippen LogP contribution in [0.5, 0.6) is 0 Å². The van der Waals surface area contributed by atoms with Crippen molar-refractivity contribution in [2.24, 2.45) is 5.41 Å². The van der Waals surface area contributed by atoms with Crippen molar-refractivity contribution >= 4 is 28.2 Å². The number of aromatic nitrogens is 4. The van der Waals surface area contributed by atoms with Gasteiger partial charge in [-0.05, 0) is 51.1 Å². The van der Waals surface area contributed by atoms with E-state index in [0.29, 0.717) is 0 Å². The summed E-state index contributed by atoms with van der Waals surface area (Å²) >= 11 is 0. The summed E-state index contributed by atoms with van der Waals surface area (Å²) in [7, 11) is 0. The van der Waals surface area contributed by atoms with Crippen LogP contribution in [0.1, 0.15) is 26.3 Å². The zero-order valence-corrected chi connectivity index (χ0v) is 17.9. The van der Waals surface area contributed by atoms with Gasteiger partial charge < -0.3 is 4.90 Å². The molecule has 170 valence electrons. The highest BCUT2D eigenvalue weighted by Crippen LogP contribution is 2.35. The number of hydrogen-bond acceptors (Lipinski definition) is 4. The molecule has 4 aromatic rings. The average Bonchev–Trinajstić information content (AvgIpc) is 3.20. The summed E-state index contributed by atoms with van der Waals surface area (Å²) in [4.78, 5) is 5.08. The number of anilines is 2. The van der Waals surface area contributed by atoms with Crippen molar-refractivity contribution in [1.29, 1.82) is 0 Å². The summed E-state index contributed by atoms with van der Waals surface area (Å²) in [6.45, 7) is 4.64. The molecule has 0 bridgehead atoms. The third-order valence-corrected chi connectivity index (χ3v) is 4.64. The van der Waals surface area contributed by atoms with E-state index in [-0.39, 0.29) is 39.2 Å². The number of fused-ring (bicyclic) bond motifs is 3. The molecule has 0 atom stereocenters. The highest BCUT2D eigenvalue weighted by atomic mass is 19.3. The Labute approximate surface area is 185 Å². The van der Waals surface area contributed by atoms with Crippen LogP contribution in [0.4, 0.5) is 33.5 Å². The lowest BCUT2D eigenvalue weighted by atomic mass is 9.97. The lowest BCUT2D eigenvalue weighted by molar-refractivity contribution is 0.158. The van der Waals surface area contributed by atoms with Gasteiger partial charge in [0.05, 0.1) is 17.4 Å². The van der Waals surface area contributed by atoms with Gasteiger partial charge in [0.15, 0.2) is 11.6 Å². The predicted molar refractivity (Wildman–Crippen MR) is 114 cm³/mol. The molecule has 4 rings (SSSR count). The first-order chi connectivity index (χ1) is 15.5. The fourth-order valence-corrected chi connectivity index (χ4v) is 3.29. The number of halogens is 5. The van der Waals surface area contributed by atoms with Gasteiger partial charge in [-0.2, -0.15) is 4.98 Å². The quantitative estimate of drug-likeness (QED) is 0.299. The molecule has 0 aliphatic heterocycles. The van der Waals surface area contributed by atoms with Crippen molar-refractivity contribution in [2.45, 2.75) is 27.2 Å². The molecule has 0 radical (unpaired) electrons. The molecule has 0 fully saturated rings. The lowest BCUT2D eigenvalue weighted by Gasteiger charge is -2.25. The summed E-state index contributed by atoms with van der Waals surface area (Å²) in [5, 5.41) is 7.14. The Bertz CT molecular complexity index is 1410. The number of rotatable bonds is 4. The number of hydrogen-bond donors (Lipinski definition) is 0. The SMILES string of the molecule is CC(C)(C)C#Cc1cc(F)cc(N(CC(F)F)c2nc3nncn3c3ccc(F)c(F)c23)c1. The van der Waals surface area contributed by atoms with Crippen LogP contribution in [-0.2, 0) is 0 Å². The monoisotopic (exact) mass is 459 g/mol. The van der Waals surface area contributed by atoms with Crippen molar-refractivity contribution < 1.29 is 22.0 Å². The Hall–Kier alpha value is -3.74. The van der Waals surface area contributed by atoms with E-state index in [4.69, 9.17) is 0 Å². The van der Waals surface area contributed by atoms with Gasteiger partial charge in [0.2, 0.25) is 0 Å². The van der Waals surface area contributed by atoms with E-state index in [9.17, 15) is 22.0 Å². The molecule has 10 heteroatoms. The smallest absolute Gasteiger partial charge is 0.257 e. The molecule has 33 heavy (non-hydrogen) atoms. The van der Waals surface area contributed by atoms with Crippen molar-refractivity contribution in [3.05, 3.63) is 59.7 Å². The zero-order valence-electron chi connectivity index (χ0n) is 17.9. The molecule has 5 nitrogen and oxygen atoms in total. The maximum atomic E-state index is 14.9. The van der Waals surface area contributed by atoms with Crippen LogP contribution in [-0.4, -0.2) is 32.6 Å². The van der Waals surface area contributed by atoms with Crippen LogP contribution >= 0.6 is 0 Å². The van der Waals surface area contributed by atoms with Crippen LogP contribution in [0.15, 0.2) is 36.7 Å². The van der Waals surface area contributed by atoms with Crippen LogP contribution in [0.3, 0.4) is 0 Å². The molecule has 2 aromatic carbocycles. The first-order valence-corrected chi connectivity index (χ1v) is 9.90. The highest BCUT2D eigenvalue weighted by Gasteiger charge is 2.25. The van der Waals surface area contributed by atoms with E-state index in [1.807, 2.05) is 20.8 Å². The minimum absolute atomic E-state index is 0.0214.